The molecule has 2 aromatic heterocycles. The second kappa shape index (κ2) is 10.9. The number of carboxylic acid groups (broad SMARTS) is 1. The molecule has 5 aromatic rings. The monoisotopic (exact) mass is 503 g/mol. The van der Waals surface area contributed by atoms with Gasteiger partial charge in [-0.25, -0.2) is 17.5 Å². The van der Waals surface area contributed by atoms with Gasteiger partial charge in [0.1, 0.15) is 5.58 Å². The number of hydrogen-bond donors (Lipinski definition) is 1. The fourth-order valence-corrected chi connectivity index (χ4v) is 5.12. The van der Waals surface area contributed by atoms with Crippen LogP contribution in [0, 0.1) is 12.0 Å². The summed E-state index contributed by atoms with van der Waals surface area (Å²) in [5, 5.41) is 10.4. The molecule has 0 bridgehead atoms. The molecule has 2 heterocycles. The van der Waals surface area contributed by atoms with Gasteiger partial charge in [-0.05, 0) is 60.0 Å². The number of carboxylic acids is 1. The fraction of sp³-hybridized carbons (Fsp3) is 0.0357. The smallest absolute Gasteiger partial charge is 0.337 e. The normalized spacial score (nSPS) is 10.8. The summed E-state index contributed by atoms with van der Waals surface area (Å²) in [6, 6.07) is 26.6. The second-order valence-electron chi connectivity index (χ2n) is 7.95. The average Bonchev–Trinajstić information content (AvgIpc) is 3.58. The van der Waals surface area contributed by atoms with Gasteiger partial charge in [0.25, 0.3) is 10.0 Å². The zero-order chi connectivity index (χ0) is 25.1. The Balaban J connectivity index is 0.00000320. The first-order chi connectivity index (χ1) is 17.4. The number of aromatic carboxylic acids is 1. The van der Waals surface area contributed by atoms with Gasteiger partial charge in [0.05, 0.1) is 34.5 Å². The molecule has 179 valence electrons. The Morgan fingerprint density at radius 2 is 1.70 bits per heavy atom. The molecule has 0 spiro atoms. The number of fused-ring (bicyclic) bond motifs is 1. The first-order valence-electron chi connectivity index (χ1n) is 11.0. The quantitative estimate of drug-likeness (QED) is 0.205. The number of hydrogen-bond acceptors (Lipinski definition) is 4. The molecule has 7 nitrogen and oxygen atoms in total. The van der Waals surface area contributed by atoms with Gasteiger partial charge in [0, 0.05) is 42.7 Å². The zero-order valence-electron chi connectivity index (χ0n) is 19.9. The molecule has 0 aliphatic rings. The number of carbonyl (C=O) groups is 1. The van der Waals surface area contributed by atoms with Crippen LogP contribution in [0.3, 0.4) is 0 Å². The maximum atomic E-state index is 13.7. The average molecular weight is 503 g/mol. The third-order valence-electron chi connectivity index (χ3n) is 5.63. The zero-order valence-corrected chi connectivity index (χ0v) is 20.7. The molecule has 3 aromatic carbocycles. The number of rotatable bonds is 6. The minimum Gasteiger partial charge on any atom is -0.478 e. The summed E-state index contributed by atoms with van der Waals surface area (Å²) in [5.41, 5.74) is 2.13. The molecule has 0 saturated heterocycles. The summed E-state index contributed by atoms with van der Waals surface area (Å²) in [6.45, 7) is 0.0110. The van der Waals surface area contributed by atoms with E-state index in [2.05, 4.69) is 12.0 Å². The molecule has 5 rings (SSSR count). The number of para-hydroxylation sites is 1. The molecule has 0 aliphatic heterocycles. The Hall–Kier alpha value is -4.14. The van der Waals surface area contributed by atoms with Crippen molar-refractivity contribution in [1.82, 2.24) is 8.87 Å². The van der Waals surface area contributed by atoms with E-state index in [0.29, 0.717) is 22.2 Å². The molecule has 1 radical (unpaired) electrons. The largest absolute Gasteiger partial charge is 0.478 e. The van der Waals surface area contributed by atoms with E-state index in [4.69, 9.17) is 4.42 Å². The summed E-state index contributed by atoms with van der Waals surface area (Å²) in [6.07, 6.45) is 4.93. The minimum absolute atomic E-state index is 0. The Morgan fingerprint density at radius 1 is 0.946 bits per heavy atom. The van der Waals surface area contributed by atoms with Crippen LogP contribution in [0.15, 0.2) is 113 Å². The molecular formula is C28H20LiN2O5S. The van der Waals surface area contributed by atoms with Crippen LogP contribution in [-0.4, -0.2) is 47.2 Å². The molecule has 0 atom stereocenters. The summed E-state index contributed by atoms with van der Waals surface area (Å²) in [7, 11) is -4.04. The van der Waals surface area contributed by atoms with E-state index in [1.807, 2.05) is 30.3 Å². The molecule has 0 saturated carbocycles. The molecule has 1 N–H and O–H groups in total. The maximum absolute atomic E-state index is 13.7. The standard InChI is InChI=1S/C28H20N2O5S.Li/c31-28(32)25-10-6-9-22(27(25)29-15-4-5-16-29)13-17-30(20-21-7-2-1-3-8-21)36(33,34)24-11-12-26-23(19-24)14-18-35-26;/h1-12,14-16,18-19H,20H2,(H,31,32);. The van der Waals surface area contributed by atoms with Gasteiger partial charge in [-0.3, -0.25) is 0 Å². The number of aromatic nitrogens is 1. The van der Waals surface area contributed by atoms with Gasteiger partial charge in [-0.1, -0.05) is 36.4 Å². The van der Waals surface area contributed by atoms with Crippen LogP contribution in [0.25, 0.3) is 16.7 Å². The number of benzene rings is 3. The van der Waals surface area contributed by atoms with Crippen LogP contribution in [-0.2, 0) is 16.6 Å². The number of nitrogens with zero attached hydrogens (tertiary/aromatic N) is 2. The van der Waals surface area contributed by atoms with Crippen molar-refractivity contribution in [1.29, 1.82) is 0 Å². The van der Waals surface area contributed by atoms with Crippen molar-refractivity contribution in [2.75, 3.05) is 0 Å². The van der Waals surface area contributed by atoms with Gasteiger partial charge in [0.2, 0.25) is 0 Å². The molecular weight excluding hydrogens is 483 g/mol. The number of sulfonamides is 1. The van der Waals surface area contributed by atoms with Crippen LogP contribution in [0.1, 0.15) is 21.5 Å². The van der Waals surface area contributed by atoms with Gasteiger partial charge >= 0.3 is 5.97 Å². The predicted octanol–water partition coefficient (Wildman–Crippen LogP) is 4.74. The van der Waals surface area contributed by atoms with Crippen molar-refractivity contribution < 1.29 is 22.7 Å². The van der Waals surface area contributed by atoms with E-state index in [1.54, 1.807) is 59.4 Å². The van der Waals surface area contributed by atoms with Crippen LogP contribution < -0.4 is 0 Å². The molecule has 0 fully saturated rings. The Bertz CT molecular complexity index is 1720. The predicted molar refractivity (Wildman–Crippen MR) is 141 cm³/mol. The van der Waals surface area contributed by atoms with Crippen LogP contribution >= 0.6 is 0 Å². The van der Waals surface area contributed by atoms with E-state index < -0.39 is 16.0 Å². The van der Waals surface area contributed by atoms with E-state index in [0.717, 1.165) is 9.87 Å². The van der Waals surface area contributed by atoms with E-state index in [9.17, 15) is 18.3 Å². The van der Waals surface area contributed by atoms with Crippen molar-refractivity contribution >= 4 is 45.8 Å². The molecule has 0 unspecified atom stereocenters. The van der Waals surface area contributed by atoms with Crippen LogP contribution in [0.5, 0.6) is 0 Å². The first-order valence-corrected chi connectivity index (χ1v) is 12.4. The third-order valence-corrected chi connectivity index (χ3v) is 7.28. The van der Waals surface area contributed by atoms with Crippen molar-refractivity contribution in [2.24, 2.45) is 0 Å². The van der Waals surface area contributed by atoms with Crippen molar-refractivity contribution in [2.45, 2.75) is 11.4 Å². The maximum Gasteiger partial charge on any atom is 0.337 e. The van der Waals surface area contributed by atoms with Crippen molar-refractivity contribution in [3.05, 3.63) is 120 Å². The minimum atomic E-state index is -4.04. The first kappa shape index (κ1) is 25.9. The Kier molecular flexibility index (Phi) is 7.61. The summed E-state index contributed by atoms with van der Waals surface area (Å²) in [5.74, 6) is 1.81. The third kappa shape index (κ3) is 5.35. The number of furan rings is 1. The SMILES string of the molecule is O=C(O)c1cccc(C#CN(Cc2ccccc2)S(=O)(=O)c2ccc3occc3c2)c1-n1cccc1.[Li]. The van der Waals surface area contributed by atoms with E-state index >= 15 is 0 Å². The van der Waals surface area contributed by atoms with Crippen molar-refractivity contribution in [3.63, 3.8) is 0 Å². The summed E-state index contributed by atoms with van der Waals surface area (Å²) < 4.78 is 35.5. The van der Waals surface area contributed by atoms with Gasteiger partial charge in [-0.2, -0.15) is 0 Å². The van der Waals surface area contributed by atoms with E-state index in [1.165, 1.54) is 18.4 Å². The Labute approximate surface area is 226 Å². The van der Waals surface area contributed by atoms with Crippen LogP contribution in [0.2, 0.25) is 0 Å². The molecule has 0 aliphatic carbocycles. The summed E-state index contributed by atoms with van der Waals surface area (Å²) >= 11 is 0. The van der Waals surface area contributed by atoms with Crippen molar-refractivity contribution in [3.8, 4) is 17.7 Å². The van der Waals surface area contributed by atoms with Gasteiger partial charge < -0.3 is 14.1 Å². The van der Waals surface area contributed by atoms with E-state index in [-0.39, 0.29) is 35.9 Å². The molecule has 0 amide bonds. The molecule has 9 heteroatoms. The molecule has 37 heavy (non-hydrogen) atoms. The second-order valence-corrected chi connectivity index (χ2v) is 9.81. The topological polar surface area (TPSA) is 92.8 Å². The fourth-order valence-electron chi connectivity index (χ4n) is 3.87. The van der Waals surface area contributed by atoms with Crippen LogP contribution in [0.4, 0.5) is 0 Å². The summed E-state index contributed by atoms with van der Waals surface area (Å²) in [4.78, 5) is 12.0. The van der Waals surface area contributed by atoms with Gasteiger partial charge in [-0.15, -0.1) is 0 Å². The van der Waals surface area contributed by atoms with Gasteiger partial charge in [0.15, 0.2) is 0 Å². The Morgan fingerprint density at radius 3 is 2.43 bits per heavy atom.